The second-order valence-electron chi connectivity index (χ2n) is 6.60. The van der Waals surface area contributed by atoms with Gasteiger partial charge in [-0.05, 0) is 31.3 Å². The maximum absolute atomic E-state index is 12.6. The number of sulfonamides is 1. The number of likely N-dealkylation sites (N-methyl/N-ethyl adjacent to an activating group) is 1. The Morgan fingerprint density at radius 3 is 2.33 bits per heavy atom. The van der Waals surface area contributed by atoms with E-state index in [0.29, 0.717) is 32.1 Å². The lowest BCUT2D eigenvalue weighted by Crippen LogP contribution is -2.53. The number of benzene rings is 1. The Morgan fingerprint density at radius 2 is 1.70 bits per heavy atom. The highest BCUT2D eigenvalue weighted by atomic mass is 32.2. The average Bonchev–Trinajstić information content (AvgIpc) is 2.69. The second-order valence-corrected chi connectivity index (χ2v) is 8.54. The van der Waals surface area contributed by atoms with Crippen LogP contribution in [0.1, 0.15) is 0 Å². The van der Waals surface area contributed by atoms with Crippen molar-refractivity contribution in [3.05, 3.63) is 24.3 Å². The predicted octanol–water partition coefficient (Wildman–Crippen LogP) is -0.635. The molecule has 2 fully saturated rings. The van der Waals surface area contributed by atoms with Gasteiger partial charge in [0.1, 0.15) is 5.75 Å². The third-order valence-electron chi connectivity index (χ3n) is 4.59. The molecule has 9 nitrogen and oxygen atoms in total. The molecule has 1 aromatic carbocycles. The number of nitrogens with zero attached hydrogens (tertiary/aromatic N) is 3. The zero-order chi connectivity index (χ0) is 19.3. The molecule has 0 aromatic heterocycles. The summed E-state index contributed by atoms with van der Waals surface area (Å²) in [6.45, 7) is 4.75. The van der Waals surface area contributed by atoms with Crippen molar-refractivity contribution in [2.24, 2.45) is 0 Å². The zero-order valence-electron chi connectivity index (χ0n) is 15.5. The molecule has 2 aliphatic heterocycles. The van der Waals surface area contributed by atoms with Gasteiger partial charge in [-0.3, -0.25) is 10.2 Å². The van der Waals surface area contributed by atoms with Crippen LogP contribution in [0.3, 0.4) is 0 Å². The van der Waals surface area contributed by atoms with E-state index in [1.54, 1.807) is 12.1 Å². The van der Waals surface area contributed by atoms with Crippen molar-refractivity contribution < 1.29 is 22.7 Å². The Hall–Kier alpha value is -1.72. The number of carbonyl (C=O) groups is 1. The van der Waals surface area contributed by atoms with Crippen molar-refractivity contribution in [3.63, 3.8) is 0 Å². The van der Waals surface area contributed by atoms with Crippen LogP contribution in [-0.2, 0) is 19.6 Å². The first kappa shape index (κ1) is 20.0. The van der Waals surface area contributed by atoms with Crippen molar-refractivity contribution >= 4 is 15.9 Å². The molecule has 0 bridgehead atoms. The van der Waals surface area contributed by atoms with E-state index in [1.165, 1.54) is 16.4 Å². The normalized spacial score (nSPS) is 20.3. The minimum absolute atomic E-state index is 0.123. The molecule has 1 aromatic rings. The van der Waals surface area contributed by atoms with Gasteiger partial charge in [0, 0.05) is 39.3 Å². The Kier molecular flexibility index (Phi) is 6.66. The van der Waals surface area contributed by atoms with E-state index in [0.717, 1.165) is 26.2 Å². The molecule has 2 saturated heterocycles. The first-order valence-electron chi connectivity index (χ1n) is 8.99. The summed E-state index contributed by atoms with van der Waals surface area (Å²) >= 11 is 0. The van der Waals surface area contributed by atoms with Crippen molar-refractivity contribution in [1.29, 1.82) is 0 Å². The van der Waals surface area contributed by atoms with Crippen LogP contribution in [0, 0.1) is 0 Å². The summed E-state index contributed by atoms with van der Waals surface area (Å²) in [6, 6.07) is 6.13. The number of carbonyl (C=O) groups excluding carboxylic acids is 1. The number of ether oxygens (including phenoxy) is 2. The number of nitrogens with one attached hydrogen (secondary N) is 1. The highest BCUT2D eigenvalue weighted by Gasteiger charge is 2.26. The molecule has 0 unspecified atom stereocenters. The molecular formula is C17H26N4O5S. The standard InChI is InChI=1S/C17H26N4O5S/c1-19-6-8-20(9-7-19)18-17(22)14-26-15-2-4-16(5-3-15)27(23,24)21-10-12-25-13-11-21/h2-5H,6-14H2,1H3,(H,18,22). The monoisotopic (exact) mass is 398 g/mol. The number of hydrazine groups is 1. The van der Waals surface area contributed by atoms with Gasteiger partial charge in [0.25, 0.3) is 5.91 Å². The van der Waals surface area contributed by atoms with Crippen LogP contribution in [0.5, 0.6) is 5.75 Å². The minimum Gasteiger partial charge on any atom is -0.484 e. The van der Waals surface area contributed by atoms with E-state index in [1.807, 2.05) is 12.1 Å². The summed E-state index contributed by atoms with van der Waals surface area (Å²) in [5.74, 6) is 0.217. The third-order valence-corrected chi connectivity index (χ3v) is 6.50. The SMILES string of the molecule is CN1CCN(NC(=O)COc2ccc(S(=O)(=O)N3CCOCC3)cc2)CC1. The van der Waals surface area contributed by atoms with Crippen molar-refractivity contribution in [2.45, 2.75) is 4.90 Å². The summed E-state index contributed by atoms with van der Waals surface area (Å²) < 4.78 is 37.2. The number of hydrogen-bond acceptors (Lipinski definition) is 7. The minimum atomic E-state index is -3.53. The molecule has 1 N–H and O–H groups in total. The molecule has 2 aliphatic rings. The molecular weight excluding hydrogens is 372 g/mol. The molecule has 0 aliphatic carbocycles. The predicted molar refractivity (Wildman–Crippen MR) is 98.7 cm³/mol. The summed E-state index contributed by atoms with van der Waals surface area (Å²) in [7, 11) is -1.48. The van der Waals surface area contributed by atoms with Crippen LogP contribution < -0.4 is 10.2 Å². The van der Waals surface area contributed by atoms with E-state index in [-0.39, 0.29) is 17.4 Å². The van der Waals surface area contributed by atoms with Gasteiger partial charge in [0.15, 0.2) is 6.61 Å². The Morgan fingerprint density at radius 1 is 1.07 bits per heavy atom. The molecule has 27 heavy (non-hydrogen) atoms. The fourth-order valence-electron chi connectivity index (χ4n) is 2.92. The summed E-state index contributed by atoms with van der Waals surface area (Å²) in [5.41, 5.74) is 2.82. The number of rotatable bonds is 6. The molecule has 3 rings (SSSR count). The molecule has 0 radical (unpaired) electrons. The van der Waals surface area contributed by atoms with Gasteiger partial charge < -0.3 is 14.4 Å². The van der Waals surface area contributed by atoms with E-state index in [2.05, 4.69) is 10.3 Å². The molecule has 0 saturated carbocycles. The van der Waals surface area contributed by atoms with Gasteiger partial charge >= 0.3 is 0 Å². The average molecular weight is 398 g/mol. The number of hydrogen-bond donors (Lipinski definition) is 1. The number of amides is 1. The zero-order valence-corrected chi connectivity index (χ0v) is 16.3. The molecule has 2 heterocycles. The summed E-state index contributed by atoms with van der Waals surface area (Å²) in [4.78, 5) is 14.4. The van der Waals surface area contributed by atoms with Crippen LogP contribution in [0.2, 0.25) is 0 Å². The Bertz CT molecular complexity index is 726. The largest absolute Gasteiger partial charge is 0.484 e. The Labute approximate surface area is 159 Å². The molecule has 0 atom stereocenters. The highest BCUT2D eigenvalue weighted by Crippen LogP contribution is 2.20. The first-order valence-corrected chi connectivity index (χ1v) is 10.4. The second kappa shape index (κ2) is 8.98. The van der Waals surface area contributed by atoms with Crippen LogP contribution in [-0.4, -0.2) is 94.7 Å². The van der Waals surface area contributed by atoms with E-state index in [9.17, 15) is 13.2 Å². The quantitative estimate of drug-likeness (QED) is 0.682. The van der Waals surface area contributed by atoms with Crippen LogP contribution in [0.15, 0.2) is 29.2 Å². The Balaban J connectivity index is 1.49. The van der Waals surface area contributed by atoms with Gasteiger partial charge in [-0.25, -0.2) is 13.4 Å². The fraction of sp³-hybridized carbons (Fsp3) is 0.588. The lowest BCUT2D eigenvalue weighted by atomic mass is 10.3. The van der Waals surface area contributed by atoms with E-state index in [4.69, 9.17) is 9.47 Å². The van der Waals surface area contributed by atoms with Crippen LogP contribution in [0.25, 0.3) is 0 Å². The van der Waals surface area contributed by atoms with Crippen molar-refractivity contribution in [3.8, 4) is 5.75 Å². The summed E-state index contributed by atoms with van der Waals surface area (Å²) in [5, 5.41) is 1.88. The smallest absolute Gasteiger partial charge is 0.272 e. The molecule has 10 heteroatoms. The molecule has 1 amide bonds. The number of morpholine rings is 1. The lowest BCUT2D eigenvalue weighted by molar-refractivity contribution is -0.128. The van der Waals surface area contributed by atoms with E-state index >= 15 is 0 Å². The van der Waals surface area contributed by atoms with Gasteiger partial charge in [-0.1, -0.05) is 0 Å². The first-order chi connectivity index (χ1) is 12.9. The van der Waals surface area contributed by atoms with E-state index < -0.39 is 10.0 Å². The lowest BCUT2D eigenvalue weighted by Gasteiger charge is -2.32. The van der Waals surface area contributed by atoms with Crippen LogP contribution >= 0.6 is 0 Å². The van der Waals surface area contributed by atoms with Gasteiger partial charge in [-0.15, -0.1) is 0 Å². The third kappa shape index (κ3) is 5.39. The molecule has 150 valence electrons. The van der Waals surface area contributed by atoms with Crippen molar-refractivity contribution in [1.82, 2.24) is 19.6 Å². The van der Waals surface area contributed by atoms with Gasteiger partial charge in [0.05, 0.1) is 18.1 Å². The highest BCUT2D eigenvalue weighted by molar-refractivity contribution is 7.89. The maximum atomic E-state index is 12.6. The fourth-order valence-corrected chi connectivity index (χ4v) is 4.33. The van der Waals surface area contributed by atoms with Gasteiger partial charge in [-0.2, -0.15) is 4.31 Å². The maximum Gasteiger partial charge on any atom is 0.272 e. The van der Waals surface area contributed by atoms with Gasteiger partial charge in [0.2, 0.25) is 10.0 Å². The molecule has 0 spiro atoms. The topological polar surface area (TPSA) is 91.4 Å². The van der Waals surface area contributed by atoms with Crippen molar-refractivity contribution in [2.75, 3.05) is 66.1 Å². The summed E-state index contributed by atoms with van der Waals surface area (Å²) in [6.07, 6.45) is 0. The number of piperazine rings is 1. The van der Waals surface area contributed by atoms with Crippen LogP contribution in [0.4, 0.5) is 0 Å².